The van der Waals surface area contributed by atoms with Gasteiger partial charge < -0.3 is 47.3 Å². The van der Waals surface area contributed by atoms with Crippen molar-refractivity contribution in [2.45, 2.75) is 144 Å². The van der Waals surface area contributed by atoms with Crippen molar-refractivity contribution < 1.29 is 66.2 Å². The Bertz CT molecular complexity index is 2900. The van der Waals surface area contributed by atoms with E-state index in [4.69, 9.17) is 14.2 Å². The standard InChI is InChI=1S/C18H20NO4.C18H19NO3.C17H17NO3.2CH4.ClH/c1-10-3-4-11-9-13-18(21)6-5-12(20)16-17(18,7-8-19(13,2)22)14(11)15(10)23-16;1-10-3-4-11-9-13-18(21)6-5-12(20)16-17(18,7-8-19(13)2)14(11)15(10)22-16;1-9-2-3-10-8-12-17(20)5-4-11(19)15-16(17,6-7-18-12)13(10)14(9)21-15;;;/h3-6,13,16,21-22H,7-9H2,1-2H3;3-6,13,16,21H,7-9H2,1-2H3;2-5,12,15,18,20H,6-8H2,1H3;2*1H4;1H/q+1;;;;;/p-1/t13?,16-,17-,18+,19+;13?,16-,17-,18+;12?,15-,16-,17+;;;/m000.../s1. The van der Waals surface area contributed by atoms with Crippen LogP contribution in [0, 0.1) is 20.8 Å². The van der Waals surface area contributed by atoms with Gasteiger partial charge in [-0.05, 0) is 136 Å². The lowest BCUT2D eigenvalue weighted by atomic mass is 9.50. The van der Waals surface area contributed by atoms with Gasteiger partial charge in [0.1, 0.15) is 35.0 Å². The van der Waals surface area contributed by atoms with Crippen LogP contribution in [0.15, 0.2) is 72.9 Å². The number of carbonyl (C=O) groups excluding carboxylic acids is 3. The monoisotopic (exact) mass is 961 g/mol. The Kier molecular flexibility index (Phi) is 10.4. The highest BCUT2D eigenvalue weighted by molar-refractivity contribution is 6.00. The van der Waals surface area contributed by atoms with Gasteiger partial charge in [0.05, 0.1) is 23.3 Å². The van der Waals surface area contributed by atoms with E-state index in [1.54, 1.807) is 25.3 Å². The maximum absolute atomic E-state index is 12.5. The van der Waals surface area contributed by atoms with Crippen LogP contribution in [0.4, 0.5) is 0 Å². The molecule has 14 heteroatoms. The number of hydrogen-bond donors (Lipinski definition) is 5. The van der Waals surface area contributed by atoms with Gasteiger partial charge in [0, 0.05) is 41.6 Å². The minimum absolute atomic E-state index is 0. The summed E-state index contributed by atoms with van der Waals surface area (Å²) in [6.07, 6.45) is 11.9. The molecule has 3 aromatic rings. The van der Waals surface area contributed by atoms with Crippen LogP contribution in [0.3, 0.4) is 0 Å². The number of piperidine rings is 3. The Morgan fingerprint density at radius 2 is 1.06 bits per heavy atom. The Morgan fingerprint density at radius 3 is 1.58 bits per heavy atom. The number of ether oxygens (including phenoxy) is 3. The van der Waals surface area contributed by atoms with Crippen LogP contribution < -0.4 is 31.9 Å². The fourth-order valence-corrected chi connectivity index (χ4v) is 15.7. The predicted molar refractivity (Wildman–Crippen MR) is 252 cm³/mol. The summed E-state index contributed by atoms with van der Waals surface area (Å²) < 4.78 is 18.1. The second-order valence-electron chi connectivity index (χ2n) is 21.6. The zero-order chi connectivity index (χ0) is 45.9. The molecule has 5 N–H and O–H groups in total. The summed E-state index contributed by atoms with van der Waals surface area (Å²) in [4.78, 5) is 39.7. The summed E-state index contributed by atoms with van der Waals surface area (Å²) in [6, 6.07) is 12.0. The Labute approximate surface area is 409 Å². The van der Waals surface area contributed by atoms with Crippen LogP contribution in [-0.4, -0.2) is 134 Å². The minimum atomic E-state index is -1.26. The first-order valence-electron chi connectivity index (χ1n) is 23.6. The van der Waals surface area contributed by atoms with Gasteiger partial charge in [0.2, 0.25) is 0 Å². The van der Waals surface area contributed by atoms with E-state index in [1.807, 2.05) is 26.8 Å². The van der Waals surface area contributed by atoms with Gasteiger partial charge in [0.25, 0.3) is 0 Å². The molecule has 6 heterocycles. The maximum atomic E-state index is 12.5. The number of carbonyl (C=O) groups is 3. The highest BCUT2D eigenvalue weighted by Crippen LogP contribution is 2.65. The molecule has 6 aliphatic heterocycles. The minimum Gasteiger partial charge on any atom is -1.00 e. The number of ketones is 3. The number of hydrogen-bond acceptors (Lipinski definition) is 12. The van der Waals surface area contributed by atoms with Gasteiger partial charge in [-0.1, -0.05) is 51.3 Å². The number of nitrogens with zero attached hydrogens (tertiary/aromatic N) is 2. The second-order valence-corrected chi connectivity index (χ2v) is 21.6. The summed E-state index contributed by atoms with van der Waals surface area (Å²) in [5, 5.41) is 49.0. The molecule has 6 aliphatic carbocycles. The Hall–Kier alpha value is -4.70. The van der Waals surface area contributed by atoms with Crippen LogP contribution in [-0.2, 0) is 49.9 Å². The molecule has 366 valence electrons. The number of halogens is 1. The maximum Gasteiger partial charge on any atom is 0.196 e. The van der Waals surface area contributed by atoms with Crippen molar-refractivity contribution in [3.05, 3.63) is 123 Å². The van der Waals surface area contributed by atoms with Crippen molar-refractivity contribution in [1.82, 2.24) is 10.2 Å². The Balaban J connectivity index is 0.000000118. The van der Waals surface area contributed by atoms with E-state index < -0.39 is 57.4 Å². The molecule has 3 spiro atoms. The molecule has 15 rings (SSSR count). The molecule has 13 atom stereocenters. The molecule has 0 radical (unpaired) electrons. The lowest BCUT2D eigenvalue weighted by Crippen LogP contribution is -3.00. The number of hydroxylamine groups is 3. The van der Waals surface area contributed by atoms with E-state index in [0.717, 1.165) is 95.0 Å². The average Bonchev–Trinajstić information content (AvgIpc) is 3.96. The molecule has 12 aliphatic rings. The zero-order valence-corrected chi connectivity index (χ0v) is 39.0. The van der Waals surface area contributed by atoms with Crippen LogP contribution in [0.2, 0.25) is 0 Å². The highest BCUT2D eigenvalue weighted by atomic mass is 35.5. The number of quaternary nitrogens is 1. The summed E-state index contributed by atoms with van der Waals surface area (Å²) >= 11 is 0. The summed E-state index contributed by atoms with van der Waals surface area (Å²) in [6.45, 7) is 8.18. The number of aliphatic hydroxyl groups is 3. The average molecular weight is 963 g/mol. The van der Waals surface area contributed by atoms with Crippen LogP contribution >= 0.6 is 0 Å². The predicted octanol–water partition coefficient (Wildman–Crippen LogP) is 1.21. The van der Waals surface area contributed by atoms with E-state index in [9.17, 15) is 34.9 Å². The molecule has 0 saturated carbocycles. The first-order chi connectivity index (χ1) is 31.4. The van der Waals surface area contributed by atoms with Gasteiger partial charge in [-0.25, -0.2) is 5.21 Å². The first-order valence-corrected chi connectivity index (χ1v) is 23.6. The largest absolute Gasteiger partial charge is 1.00 e. The Morgan fingerprint density at radius 1 is 0.623 bits per heavy atom. The third-order valence-corrected chi connectivity index (χ3v) is 18.9. The normalized spacial score (nSPS) is 41.1. The van der Waals surface area contributed by atoms with E-state index in [2.05, 4.69) is 47.6 Å². The SMILES string of the molecule is C.C.Cc1ccc2c3c1O[C@H]1C(=O)C=C[C@@]4(O)C(C2)N(C)CC[C@]314.Cc1ccc2c3c1O[C@H]1C(=O)C=C[C@@]4(O)C(C2)NCC[C@]314.Cc1ccc2c3c1O[C@H]1C(=O)C=C[C@@]4(O)C(C2)[N@+](C)(O)CC[C@]314.[Cl-]. The number of likely N-dealkylation sites (N-methyl/N-ethyl adjacent to an activating group) is 2. The molecule has 3 saturated heterocycles. The molecule has 6 bridgehead atoms. The third-order valence-electron chi connectivity index (χ3n) is 18.9. The molecule has 0 aromatic heterocycles. The van der Waals surface area contributed by atoms with Gasteiger partial charge in [-0.3, -0.25) is 19.3 Å². The van der Waals surface area contributed by atoms with E-state index >= 15 is 0 Å². The summed E-state index contributed by atoms with van der Waals surface area (Å²) in [5.41, 5.74) is 4.51. The number of benzene rings is 3. The third kappa shape index (κ3) is 5.33. The molecule has 3 fully saturated rings. The lowest BCUT2D eigenvalue weighted by molar-refractivity contribution is -1.11. The fraction of sp³-hybridized carbons (Fsp3) is 0.509. The fourth-order valence-electron chi connectivity index (χ4n) is 15.7. The van der Waals surface area contributed by atoms with Gasteiger partial charge in [-0.2, -0.15) is 4.65 Å². The van der Waals surface area contributed by atoms with E-state index in [-0.39, 0.29) is 61.3 Å². The summed E-state index contributed by atoms with van der Waals surface area (Å²) in [5.74, 6) is 2.29. The van der Waals surface area contributed by atoms with E-state index in [0.29, 0.717) is 19.4 Å². The molecule has 0 amide bonds. The van der Waals surface area contributed by atoms with Crippen LogP contribution in [0.5, 0.6) is 17.2 Å². The van der Waals surface area contributed by atoms with Crippen molar-refractivity contribution in [2.24, 2.45) is 0 Å². The van der Waals surface area contributed by atoms with Gasteiger partial charge in [-0.15, -0.1) is 0 Å². The molecule has 69 heavy (non-hydrogen) atoms. The van der Waals surface area contributed by atoms with Gasteiger partial charge in [0.15, 0.2) is 47.3 Å². The van der Waals surface area contributed by atoms with Crippen molar-refractivity contribution >= 4 is 17.3 Å². The summed E-state index contributed by atoms with van der Waals surface area (Å²) in [7, 11) is 3.80. The second kappa shape index (κ2) is 14.9. The number of aryl methyl sites for hydroxylation is 3. The molecule has 3 unspecified atom stereocenters. The quantitative estimate of drug-likeness (QED) is 0.204. The van der Waals surface area contributed by atoms with Crippen molar-refractivity contribution in [1.29, 1.82) is 0 Å². The first kappa shape index (κ1) is 48.0. The molecular formula is C55H64ClN3O10. The lowest BCUT2D eigenvalue weighted by Gasteiger charge is -2.60. The molecule has 13 nitrogen and oxygen atoms in total. The zero-order valence-electron chi connectivity index (χ0n) is 38.3. The van der Waals surface area contributed by atoms with Crippen molar-refractivity contribution in [3.8, 4) is 17.2 Å². The van der Waals surface area contributed by atoms with E-state index in [1.165, 1.54) is 29.4 Å². The highest BCUT2D eigenvalue weighted by Gasteiger charge is 2.76. The number of rotatable bonds is 0. The smallest absolute Gasteiger partial charge is 0.196 e. The van der Waals surface area contributed by atoms with Crippen molar-refractivity contribution in [3.63, 3.8) is 0 Å². The number of nitrogens with one attached hydrogen (secondary N) is 1. The number of likely N-dealkylation sites (tertiary alicyclic amines) is 2. The van der Waals surface area contributed by atoms with Crippen molar-refractivity contribution in [2.75, 3.05) is 33.7 Å². The van der Waals surface area contributed by atoms with Crippen LogP contribution in [0.1, 0.15) is 84.2 Å². The van der Waals surface area contributed by atoms with Crippen LogP contribution in [0.25, 0.3) is 0 Å². The molecule has 3 aromatic carbocycles. The topological polar surface area (TPSA) is 175 Å². The van der Waals surface area contributed by atoms with Gasteiger partial charge >= 0.3 is 0 Å². The molecular weight excluding hydrogens is 898 g/mol.